The molecule has 0 unspecified atom stereocenters. The number of hydrogen-bond donors (Lipinski definition) is 0. The Bertz CT molecular complexity index is 474. The van der Waals surface area contributed by atoms with Crippen molar-refractivity contribution < 1.29 is 0 Å². The number of aromatic nitrogens is 1. The Labute approximate surface area is 107 Å². The molecule has 0 amide bonds. The van der Waals surface area contributed by atoms with E-state index in [1.807, 2.05) is 12.1 Å². The highest BCUT2D eigenvalue weighted by molar-refractivity contribution is 7.99. The molecule has 0 saturated carbocycles. The number of hydrogen-bond acceptors (Lipinski definition) is 3. The van der Waals surface area contributed by atoms with Crippen LogP contribution in [-0.4, -0.2) is 10.7 Å². The third-order valence-electron chi connectivity index (χ3n) is 3.06. The molecule has 3 heteroatoms. The van der Waals surface area contributed by atoms with Gasteiger partial charge in [0.15, 0.2) is 0 Å². The normalized spacial score (nSPS) is 18.2. The van der Waals surface area contributed by atoms with E-state index in [4.69, 9.17) is 5.26 Å². The maximum atomic E-state index is 9.16. The highest BCUT2D eigenvalue weighted by atomic mass is 32.2. The second-order valence-electron chi connectivity index (χ2n) is 4.51. The van der Waals surface area contributed by atoms with Crippen LogP contribution in [0, 0.1) is 17.2 Å². The van der Waals surface area contributed by atoms with Gasteiger partial charge in [0.1, 0.15) is 11.1 Å². The van der Waals surface area contributed by atoms with Crippen molar-refractivity contribution in [1.29, 1.82) is 5.26 Å². The topological polar surface area (TPSA) is 36.7 Å². The molecule has 1 aliphatic carbocycles. The third-order valence-corrected chi connectivity index (χ3v) is 4.04. The fourth-order valence-corrected chi connectivity index (χ4v) is 2.87. The number of pyridine rings is 1. The van der Waals surface area contributed by atoms with E-state index in [1.165, 1.54) is 17.7 Å². The molecule has 0 saturated heterocycles. The summed E-state index contributed by atoms with van der Waals surface area (Å²) in [6.45, 7) is 5.96. The van der Waals surface area contributed by atoms with Gasteiger partial charge in [0.05, 0.1) is 5.56 Å². The van der Waals surface area contributed by atoms with Crippen LogP contribution in [0.4, 0.5) is 0 Å². The van der Waals surface area contributed by atoms with Gasteiger partial charge in [-0.3, -0.25) is 0 Å². The minimum absolute atomic E-state index is 0.711. The minimum Gasteiger partial charge on any atom is -0.245 e. The third kappa shape index (κ3) is 2.70. The van der Waals surface area contributed by atoms with Crippen LogP contribution in [0.2, 0.25) is 0 Å². The smallest absolute Gasteiger partial charge is 0.114 e. The molecule has 88 valence electrons. The van der Waals surface area contributed by atoms with Gasteiger partial charge in [-0.15, -0.1) is 18.3 Å². The molecule has 1 atom stereocenters. The average molecular weight is 244 g/mol. The van der Waals surface area contributed by atoms with Gasteiger partial charge in [0, 0.05) is 11.4 Å². The second kappa shape index (κ2) is 5.37. The van der Waals surface area contributed by atoms with Crippen molar-refractivity contribution in [1.82, 2.24) is 4.98 Å². The van der Waals surface area contributed by atoms with E-state index in [1.54, 1.807) is 11.8 Å². The molecule has 0 spiro atoms. The lowest BCUT2D eigenvalue weighted by Gasteiger charge is -2.21. The zero-order valence-corrected chi connectivity index (χ0v) is 10.9. The number of nitriles is 1. The van der Waals surface area contributed by atoms with Gasteiger partial charge in [0.25, 0.3) is 0 Å². The van der Waals surface area contributed by atoms with E-state index in [9.17, 15) is 0 Å². The molecule has 1 aromatic heterocycles. The molecule has 0 N–H and O–H groups in total. The Hall–Kier alpha value is -1.27. The lowest BCUT2D eigenvalue weighted by Crippen LogP contribution is -2.14. The van der Waals surface area contributed by atoms with E-state index in [0.717, 1.165) is 23.6 Å². The van der Waals surface area contributed by atoms with Crippen LogP contribution >= 0.6 is 11.8 Å². The molecule has 1 aromatic rings. The van der Waals surface area contributed by atoms with Crippen LogP contribution < -0.4 is 0 Å². The van der Waals surface area contributed by atoms with Gasteiger partial charge in [-0.05, 0) is 36.8 Å². The molecule has 0 bridgehead atoms. The van der Waals surface area contributed by atoms with E-state index in [0.29, 0.717) is 11.5 Å². The molecule has 0 aromatic carbocycles. The highest BCUT2D eigenvalue weighted by Gasteiger charge is 2.18. The summed E-state index contributed by atoms with van der Waals surface area (Å²) in [5.41, 5.74) is 3.17. The first-order valence-corrected chi connectivity index (χ1v) is 6.89. The molecule has 0 fully saturated rings. The Morgan fingerprint density at radius 1 is 1.71 bits per heavy atom. The summed E-state index contributed by atoms with van der Waals surface area (Å²) in [6.07, 6.45) is 5.15. The van der Waals surface area contributed by atoms with E-state index >= 15 is 0 Å². The summed E-state index contributed by atoms with van der Waals surface area (Å²) < 4.78 is 0. The SMILES string of the molecule is C=CCSc1nc2c(cc1C#N)C[C@@H](C)CC2. The molecular weight excluding hydrogens is 228 g/mol. The number of aryl methyl sites for hydroxylation is 1. The number of rotatable bonds is 3. The molecule has 17 heavy (non-hydrogen) atoms. The Kier molecular flexibility index (Phi) is 3.86. The number of fused-ring (bicyclic) bond motifs is 1. The molecule has 2 nitrogen and oxygen atoms in total. The molecular formula is C14H16N2S. The average Bonchev–Trinajstić information content (AvgIpc) is 2.35. The van der Waals surface area contributed by atoms with Crippen LogP contribution in [0.5, 0.6) is 0 Å². The van der Waals surface area contributed by atoms with Crippen molar-refractivity contribution in [3.63, 3.8) is 0 Å². The van der Waals surface area contributed by atoms with E-state index < -0.39 is 0 Å². The molecule has 1 heterocycles. The van der Waals surface area contributed by atoms with Crippen molar-refractivity contribution in [2.45, 2.75) is 31.2 Å². The largest absolute Gasteiger partial charge is 0.245 e. The first-order chi connectivity index (χ1) is 8.24. The van der Waals surface area contributed by atoms with Crippen molar-refractivity contribution >= 4 is 11.8 Å². The van der Waals surface area contributed by atoms with Crippen molar-refractivity contribution in [2.24, 2.45) is 5.92 Å². The summed E-state index contributed by atoms with van der Waals surface area (Å²) in [5.74, 6) is 1.51. The van der Waals surface area contributed by atoms with Gasteiger partial charge in [-0.1, -0.05) is 13.0 Å². The van der Waals surface area contributed by atoms with Gasteiger partial charge in [-0.2, -0.15) is 5.26 Å². The fraction of sp³-hybridized carbons (Fsp3) is 0.429. The van der Waals surface area contributed by atoms with Gasteiger partial charge < -0.3 is 0 Å². The molecule has 1 aliphatic rings. The van der Waals surface area contributed by atoms with E-state index in [2.05, 4.69) is 24.6 Å². The number of nitrogens with zero attached hydrogens (tertiary/aromatic N) is 2. The van der Waals surface area contributed by atoms with Gasteiger partial charge in [0.2, 0.25) is 0 Å². The summed E-state index contributed by atoms with van der Waals surface area (Å²) in [6, 6.07) is 4.28. The zero-order chi connectivity index (χ0) is 12.3. The van der Waals surface area contributed by atoms with Crippen LogP contribution in [0.3, 0.4) is 0 Å². The Morgan fingerprint density at radius 3 is 3.24 bits per heavy atom. The van der Waals surface area contributed by atoms with Crippen molar-refractivity contribution in [3.05, 3.63) is 35.5 Å². The molecule has 0 aliphatic heterocycles. The predicted molar refractivity (Wildman–Crippen MR) is 71.1 cm³/mol. The summed E-state index contributed by atoms with van der Waals surface area (Å²) in [7, 11) is 0. The van der Waals surface area contributed by atoms with Crippen LogP contribution in [-0.2, 0) is 12.8 Å². The Balaban J connectivity index is 2.35. The Morgan fingerprint density at radius 2 is 2.53 bits per heavy atom. The number of thioether (sulfide) groups is 1. The maximum absolute atomic E-state index is 9.16. The van der Waals surface area contributed by atoms with Gasteiger partial charge >= 0.3 is 0 Å². The van der Waals surface area contributed by atoms with Crippen molar-refractivity contribution in [2.75, 3.05) is 5.75 Å². The second-order valence-corrected chi connectivity index (χ2v) is 5.52. The molecule has 2 rings (SSSR count). The van der Waals surface area contributed by atoms with Crippen LogP contribution in [0.25, 0.3) is 0 Å². The zero-order valence-electron chi connectivity index (χ0n) is 10.1. The summed E-state index contributed by atoms with van der Waals surface area (Å²) in [4.78, 5) is 4.65. The lowest BCUT2D eigenvalue weighted by atomic mass is 9.87. The highest BCUT2D eigenvalue weighted by Crippen LogP contribution is 2.29. The summed E-state index contributed by atoms with van der Waals surface area (Å²) >= 11 is 1.59. The van der Waals surface area contributed by atoms with Crippen LogP contribution in [0.1, 0.15) is 30.2 Å². The molecule has 0 radical (unpaired) electrons. The predicted octanol–water partition coefficient (Wildman–Crippen LogP) is 3.36. The standard InChI is InChI=1S/C14H16N2S/c1-3-6-17-14-12(9-15)8-11-7-10(2)4-5-13(11)16-14/h3,8,10H,1,4-7H2,2H3/t10-/m0/s1. The summed E-state index contributed by atoms with van der Waals surface area (Å²) in [5, 5.41) is 10.0. The van der Waals surface area contributed by atoms with Crippen LogP contribution in [0.15, 0.2) is 23.7 Å². The van der Waals surface area contributed by atoms with Crippen molar-refractivity contribution in [3.8, 4) is 6.07 Å². The minimum atomic E-state index is 0.711. The van der Waals surface area contributed by atoms with Gasteiger partial charge in [-0.25, -0.2) is 4.98 Å². The van der Waals surface area contributed by atoms with E-state index in [-0.39, 0.29) is 0 Å². The lowest BCUT2D eigenvalue weighted by molar-refractivity contribution is 0.491. The monoisotopic (exact) mass is 244 g/mol. The fourth-order valence-electron chi connectivity index (χ4n) is 2.16. The maximum Gasteiger partial charge on any atom is 0.114 e. The first-order valence-electron chi connectivity index (χ1n) is 5.91. The quantitative estimate of drug-likeness (QED) is 0.604. The first kappa shape index (κ1) is 12.2.